The Hall–Kier alpha value is -0.830. The Balaban J connectivity index is 4.25. The number of halogens is 3. The summed E-state index contributed by atoms with van der Waals surface area (Å²) in [7, 11) is -3.87. The van der Waals surface area contributed by atoms with E-state index in [2.05, 4.69) is 4.72 Å². The summed E-state index contributed by atoms with van der Waals surface area (Å²) >= 11 is 0. The molecule has 0 aromatic carbocycles. The van der Waals surface area contributed by atoms with Crippen LogP contribution < -0.4 is 4.72 Å². The van der Waals surface area contributed by atoms with Crippen LogP contribution in [0.15, 0.2) is 0 Å². The molecule has 1 unspecified atom stereocenters. The number of carboxylic acid groups (broad SMARTS) is 1. The molecular weight excluding hydrogens is 275 g/mol. The molecule has 9 heteroatoms. The summed E-state index contributed by atoms with van der Waals surface area (Å²) < 4.78 is 60.4. The molecule has 0 radical (unpaired) electrons. The van der Waals surface area contributed by atoms with E-state index in [0.29, 0.717) is 0 Å². The van der Waals surface area contributed by atoms with Gasteiger partial charge in [0, 0.05) is 12.5 Å². The van der Waals surface area contributed by atoms with Gasteiger partial charge in [0.15, 0.2) is 0 Å². The first-order valence-corrected chi connectivity index (χ1v) is 6.99. The van der Waals surface area contributed by atoms with Crippen LogP contribution in [0.1, 0.15) is 32.6 Å². The molecule has 2 N–H and O–H groups in total. The Morgan fingerprint density at radius 3 is 2.33 bits per heavy atom. The molecule has 0 aliphatic carbocycles. The number of carbonyl (C=O) groups is 1. The molecule has 108 valence electrons. The van der Waals surface area contributed by atoms with Crippen molar-refractivity contribution < 1.29 is 31.5 Å². The molecule has 0 amide bonds. The van der Waals surface area contributed by atoms with Crippen LogP contribution in [0.5, 0.6) is 0 Å². The molecule has 0 aliphatic rings. The molecule has 0 rings (SSSR count). The molecular formula is C9H16F3NO4S. The normalized spacial score (nSPS) is 14.4. The Labute approximate surface area is 103 Å². The van der Waals surface area contributed by atoms with Crippen molar-refractivity contribution >= 4 is 16.0 Å². The van der Waals surface area contributed by atoms with Crippen LogP contribution >= 0.6 is 0 Å². The van der Waals surface area contributed by atoms with E-state index in [9.17, 15) is 26.4 Å². The number of hydrogen-bond donors (Lipinski definition) is 2. The molecule has 0 spiro atoms. The first-order chi connectivity index (χ1) is 8.06. The Morgan fingerprint density at radius 2 is 1.94 bits per heavy atom. The molecule has 0 aromatic heterocycles. The van der Waals surface area contributed by atoms with Gasteiger partial charge < -0.3 is 5.11 Å². The Morgan fingerprint density at radius 1 is 1.39 bits per heavy atom. The van der Waals surface area contributed by atoms with Crippen molar-refractivity contribution in [2.24, 2.45) is 0 Å². The summed E-state index contributed by atoms with van der Waals surface area (Å²) in [4.78, 5) is 10.4. The van der Waals surface area contributed by atoms with Crippen LogP contribution in [0.2, 0.25) is 0 Å². The lowest BCUT2D eigenvalue weighted by molar-refractivity contribution is -0.137. The molecule has 0 fully saturated rings. The summed E-state index contributed by atoms with van der Waals surface area (Å²) in [5.41, 5.74) is 0. The zero-order valence-corrected chi connectivity index (χ0v) is 10.6. The number of rotatable bonds is 8. The number of aliphatic carboxylic acids is 1. The zero-order chi connectivity index (χ0) is 14.4. The maximum absolute atomic E-state index is 11.8. The topological polar surface area (TPSA) is 83.5 Å². The van der Waals surface area contributed by atoms with Crippen molar-refractivity contribution in [3.8, 4) is 0 Å². The molecule has 5 nitrogen and oxygen atoms in total. The largest absolute Gasteiger partial charge is 0.481 e. The van der Waals surface area contributed by atoms with Crippen LogP contribution in [-0.2, 0) is 14.8 Å². The lowest BCUT2D eigenvalue weighted by Crippen LogP contribution is -2.37. The second kappa shape index (κ2) is 6.93. The predicted octanol–water partition coefficient (Wildman–Crippen LogP) is 1.50. The highest BCUT2D eigenvalue weighted by Crippen LogP contribution is 2.21. The fourth-order valence-corrected chi connectivity index (χ4v) is 2.66. The third-order valence-corrected chi connectivity index (χ3v) is 3.65. The average molecular weight is 291 g/mol. The SMILES string of the molecule is CCC(CC(=O)O)NS(=O)(=O)CCCC(F)(F)F. The molecule has 0 saturated heterocycles. The molecule has 1 atom stereocenters. The van der Waals surface area contributed by atoms with Crippen molar-refractivity contribution in [1.82, 2.24) is 4.72 Å². The van der Waals surface area contributed by atoms with Crippen molar-refractivity contribution in [3.63, 3.8) is 0 Å². The van der Waals surface area contributed by atoms with Gasteiger partial charge in [-0.15, -0.1) is 0 Å². The van der Waals surface area contributed by atoms with Crippen LogP contribution in [0.3, 0.4) is 0 Å². The van der Waals surface area contributed by atoms with Gasteiger partial charge in [0.2, 0.25) is 10.0 Å². The highest BCUT2D eigenvalue weighted by Gasteiger charge is 2.28. The lowest BCUT2D eigenvalue weighted by Gasteiger charge is -2.15. The standard InChI is InChI=1S/C9H16F3NO4S/c1-2-7(6-8(14)15)13-18(16,17)5-3-4-9(10,11)12/h7,13H,2-6H2,1H3,(H,14,15). The number of carboxylic acids is 1. The Kier molecular flexibility index (Phi) is 6.61. The van der Waals surface area contributed by atoms with Crippen LogP contribution in [-0.4, -0.2) is 37.5 Å². The van der Waals surface area contributed by atoms with Gasteiger partial charge in [0.1, 0.15) is 0 Å². The van der Waals surface area contributed by atoms with Gasteiger partial charge in [0.05, 0.1) is 12.2 Å². The van der Waals surface area contributed by atoms with Crippen LogP contribution in [0.4, 0.5) is 13.2 Å². The molecule has 0 saturated carbocycles. The van der Waals surface area contributed by atoms with Crippen molar-refractivity contribution in [2.75, 3.05) is 5.75 Å². The minimum atomic E-state index is -4.39. The van der Waals surface area contributed by atoms with E-state index in [1.165, 1.54) is 0 Å². The van der Waals surface area contributed by atoms with Gasteiger partial charge in [-0.25, -0.2) is 13.1 Å². The predicted molar refractivity (Wildman–Crippen MR) is 58.5 cm³/mol. The van der Waals surface area contributed by atoms with Gasteiger partial charge in [-0.3, -0.25) is 4.79 Å². The quantitative estimate of drug-likeness (QED) is 0.710. The lowest BCUT2D eigenvalue weighted by atomic mass is 10.2. The molecule has 0 aromatic rings. The number of nitrogens with one attached hydrogen (secondary N) is 1. The minimum Gasteiger partial charge on any atom is -0.481 e. The monoisotopic (exact) mass is 291 g/mol. The highest BCUT2D eigenvalue weighted by molar-refractivity contribution is 7.89. The smallest absolute Gasteiger partial charge is 0.389 e. The van der Waals surface area contributed by atoms with Crippen molar-refractivity contribution in [2.45, 2.75) is 44.8 Å². The highest BCUT2D eigenvalue weighted by atomic mass is 32.2. The summed E-state index contributed by atoms with van der Waals surface area (Å²) in [6, 6.07) is -0.793. The zero-order valence-electron chi connectivity index (χ0n) is 9.83. The summed E-state index contributed by atoms with van der Waals surface area (Å²) in [6.07, 6.45) is -6.24. The fourth-order valence-electron chi connectivity index (χ4n) is 1.26. The third kappa shape index (κ3) is 9.23. The van der Waals surface area contributed by atoms with Crippen LogP contribution in [0, 0.1) is 0 Å². The Bertz CT molecular complexity index is 366. The first kappa shape index (κ1) is 17.2. The molecule has 0 bridgehead atoms. The summed E-state index contributed by atoms with van der Waals surface area (Å²) in [5.74, 6) is -1.83. The van der Waals surface area contributed by atoms with E-state index in [4.69, 9.17) is 5.11 Å². The second-order valence-electron chi connectivity index (χ2n) is 3.86. The van der Waals surface area contributed by atoms with E-state index >= 15 is 0 Å². The number of sulfonamides is 1. The van der Waals surface area contributed by atoms with Gasteiger partial charge in [0.25, 0.3) is 0 Å². The van der Waals surface area contributed by atoms with Crippen molar-refractivity contribution in [3.05, 3.63) is 0 Å². The first-order valence-electron chi connectivity index (χ1n) is 5.34. The molecule has 0 aliphatic heterocycles. The molecule has 0 heterocycles. The van der Waals surface area contributed by atoms with E-state index < -0.39 is 53.2 Å². The van der Waals surface area contributed by atoms with E-state index in [-0.39, 0.29) is 6.42 Å². The van der Waals surface area contributed by atoms with Gasteiger partial charge in [-0.05, 0) is 12.8 Å². The van der Waals surface area contributed by atoms with E-state index in [0.717, 1.165) is 0 Å². The maximum Gasteiger partial charge on any atom is 0.389 e. The molecule has 18 heavy (non-hydrogen) atoms. The van der Waals surface area contributed by atoms with E-state index in [1.807, 2.05) is 0 Å². The maximum atomic E-state index is 11.8. The second-order valence-corrected chi connectivity index (χ2v) is 5.73. The third-order valence-electron chi connectivity index (χ3n) is 2.13. The minimum absolute atomic E-state index is 0.255. The van der Waals surface area contributed by atoms with Gasteiger partial charge in [-0.2, -0.15) is 13.2 Å². The van der Waals surface area contributed by atoms with Gasteiger partial charge in [-0.1, -0.05) is 6.92 Å². The fraction of sp³-hybridized carbons (Fsp3) is 0.889. The summed E-state index contributed by atoms with van der Waals surface area (Å²) in [5, 5.41) is 8.51. The van der Waals surface area contributed by atoms with Crippen LogP contribution in [0.25, 0.3) is 0 Å². The number of hydrogen-bond acceptors (Lipinski definition) is 3. The number of alkyl halides is 3. The van der Waals surface area contributed by atoms with Crippen molar-refractivity contribution in [1.29, 1.82) is 0 Å². The van der Waals surface area contributed by atoms with Gasteiger partial charge >= 0.3 is 12.1 Å². The average Bonchev–Trinajstić information content (AvgIpc) is 2.12. The van der Waals surface area contributed by atoms with E-state index in [1.54, 1.807) is 6.92 Å². The summed E-state index contributed by atoms with van der Waals surface area (Å²) in [6.45, 7) is 1.59.